The van der Waals surface area contributed by atoms with E-state index >= 15 is 0 Å². The summed E-state index contributed by atoms with van der Waals surface area (Å²) in [7, 11) is 0. The minimum Gasteiger partial charge on any atom is -0.303 e. The molecule has 0 atom stereocenters. The van der Waals surface area contributed by atoms with Gasteiger partial charge in [0.05, 0.1) is 0 Å². The third-order valence-corrected chi connectivity index (χ3v) is 6.51. The number of likely N-dealkylation sites (tertiary alicyclic amines) is 1. The summed E-state index contributed by atoms with van der Waals surface area (Å²) in [6, 6.07) is 9.46. The van der Waals surface area contributed by atoms with Crippen molar-refractivity contribution in [2.45, 2.75) is 90.0 Å². The van der Waals surface area contributed by atoms with E-state index in [9.17, 15) is 0 Å². The van der Waals surface area contributed by atoms with Gasteiger partial charge in [-0.15, -0.1) is 0 Å². The Kier molecular flexibility index (Phi) is 9.71. The molecule has 27 heavy (non-hydrogen) atoms. The molecule has 2 heterocycles. The summed E-state index contributed by atoms with van der Waals surface area (Å²) in [5.74, 6) is 0. The molecule has 2 saturated heterocycles. The topological polar surface area (TPSA) is 6.48 Å². The molecule has 1 aromatic carbocycles. The average molecular weight is 371 g/mol. The molecule has 2 nitrogen and oxygen atoms in total. The molecule has 3 rings (SSSR count). The van der Waals surface area contributed by atoms with Crippen LogP contribution in [-0.4, -0.2) is 42.5 Å². The molecule has 0 aliphatic carbocycles. The Morgan fingerprint density at radius 1 is 0.556 bits per heavy atom. The molecule has 2 heteroatoms. The van der Waals surface area contributed by atoms with Gasteiger partial charge in [0, 0.05) is 13.1 Å². The second-order valence-electron chi connectivity index (χ2n) is 8.93. The lowest BCUT2D eigenvalue weighted by Crippen LogP contribution is -2.31. The number of nitrogens with zero attached hydrogens (tertiary/aromatic N) is 2. The van der Waals surface area contributed by atoms with Crippen molar-refractivity contribution in [3.05, 3.63) is 35.4 Å². The molecular weight excluding hydrogens is 328 g/mol. The Balaban J connectivity index is 1.48. The lowest BCUT2D eigenvalue weighted by Gasteiger charge is -2.26. The molecule has 0 aromatic heterocycles. The van der Waals surface area contributed by atoms with E-state index in [1.165, 1.54) is 127 Å². The van der Waals surface area contributed by atoms with Crippen molar-refractivity contribution in [2.24, 2.45) is 0 Å². The summed E-state index contributed by atoms with van der Waals surface area (Å²) < 4.78 is 0. The highest BCUT2D eigenvalue weighted by Gasteiger charge is 2.11. The molecule has 0 saturated carbocycles. The summed E-state index contributed by atoms with van der Waals surface area (Å²) in [4.78, 5) is 5.39. The van der Waals surface area contributed by atoms with Gasteiger partial charge in [-0.3, -0.25) is 4.90 Å². The zero-order valence-corrected chi connectivity index (χ0v) is 17.6. The van der Waals surface area contributed by atoms with Gasteiger partial charge in [-0.2, -0.15) is 0 Å². The van der Waals surface area contributed by atoms with E-state index in [0.717, 1.165) is 6.54 Å². The van der Waals surface area contributed by atoms with Gasteiger partial charge in [0.15, 0.2) is 0 Å². The van der Waals surface area contributed by atoms with Gasteiger partial charge in [0.2, 0.25) is 0 Å². The number of rotatable bonds is 5. The van der Waals surface area contributed by atoms with E-state index in [1.807, 2.05) is 0 Å². The van der Waals surface area contributed by atoms with Gasteiger partial charge in [0.1, 0.15) is 0 Å². The molecule has 0 radical (unpaired) electrons. The predicted molar refractivity (Wildman–Crippen MR) is 117 cm³/mol. The van der Waals surface area contributed by atoms with Crippen molar-refractivity contribution >= 4 is 0 Å². The first-order valence-corrected chi connectivity index (χ1v) is 11.9. The summed E-state index contributed by atoms with van der Waals surface area (Å²) in [6.45, 7) is 7.60. The van der Waals surface area contributed by atoms with Crippen molar-refractivity contribution in [3.8, 4) is 0 Å². The number of piperidine rings is 1. The molecule has 0 bridgehead atoms. The largest absolute Gasteiger partial charge is 0.303 e. The first-order chi connectivity index (χ1) is 13.4. The standard InChI is InChI=1S/C25H42N2/c1-2-4-6-9-19-27(20-10-7-5-3-1)23-25-15-13-14-24(22-25)16-21-26-17-11-8-12-18-26/h13-15,22H,1-12,16-21,23H2. The number of hydrogen-bond donors (Lipinski definition) is 0. The minimum atomic E-state index is 1.15. The van der Waals surface area contributed by atoms with Gasteiger partial charge >= 0.3 is 0 Å². The van der Waals surface area contributed by atoms with Gasteiger partial charge < -0.3 is 4.90 Å². The molecule has 0 amide bonds. The third-order valence-electron chi connectivity index (χ3n) is 6.51. The van der Waals surface area contributed by atoms with Crippen LogP contribution in [0.2, 0.25) is 0 Å². The first-order valence-electron chi connectivity index (χ1n) is 11.9. The second-order valence-corrected chi connectivity index (χ2v) is 8.93. The molecule has 1 aromatic rings. The van der Waals surface area contributed by atoms with E-state index in [-0.39, 0.29) is 0 Å². The van der Waals surface area contributed by atoms with E-state index in [0.29, 0.717) is 0 Å². The van der Waals surface area contributed by atoms with Crippen molar-refractivity contribution in [3.63, 3.8) is 0 Å². The summed E-state index contributed by atoms with van der Waals surface area (Å²) in [6.07, 6.45) is 18.3. The smallest absolute Gasteiger partial charge is 0.0233 e. The van der Waals surface area contributed by atoms with Crippen LogP contribution in [0.4, 0.5) is 0 Å². The maximum absolute atomic E-state index is 2.73. The van der Waals surface area contributed by atoms with E-state index in [2.05, 4.69) is 34.1 Å². The molecular formula is C25H42N2. The Morgan fingerprint density at radius 3 is 1.67 bits per heavy atom. The van der Waals surface area contributed by atoms with Crippen molar-refractivity contribution < 1.29 is 0 Å². The second kappa shape index (κ2) is 12.6. The highest BCUT2D eigenvalue weighted by molar-refractivity contribution is 5.23. The summed E-state index contributed by atoms with van der Waals surface area (Å²) >= 11 is 0. The normalized spacial score (nSPS) is 22.1. The minimum absolute atomic E-state index is 1.15. The summed E-state index contributed by atoms with van der Waals surface area (Å²) in [5, 5.41) is 0. The van der Waals surface area contributed by atoms with Gasteiger partial charge in [0.25, 0.3) is 0 Å². The molecule has 2 aliphatic rings. The Hall–Kier alpha value is -0.860. The fourth-order valence-electron chi connectivity index (χ4n) is 4.79. The van der Waals surface area contributed by atoms with Crippen LogP contribution in [0.1, 0.15) is 88.2 Å². The van der Waals surface area contributed by atoms with Crippen LogP contribution in [0.25, 0.3) is 0 Å². The van der Waals surface area contributed by atoms with Crippen LogP contribution < -0.4 is 0 Å². The Morgan fingerprint density at radius 2 is 1.04 bits per heavy atom. The maximum atomic E-state index is 2.73. The van der Waals surface area contributed by atoms with Crippen molar-refractivity contribution in [1.29, 1.82) is 0 Å². The van der Waals surface area contributed by atoms with Gasteiger partial charge in [-0.25, -0.2) is 0 Å². The molecule has 2 fully saturated rings. The number of hydrogen-bond acceptors (Lipinski definition) is 2. The average Bonchev–Trinajstić information content (AvgIpc) is 2.70. The SMILES string of the molecule is c1cc(CCN2CCCCC2)cc(CN2CCCCCCCCCCC2)c1. The van der Waals surface area contributed by atoms with Crippen molar-refractivity contribution in [2.75, 3.05) is 32.7 Å². The van der Waals surface area contributed by atoms with Crippen molar-refractivity contribution in [1.82, 2.24) is 9.80 Å². The fraction of sp³-hybridized carbons (Fsp3) is 0.760. The summed E-state index contributed by atoms with van der Waals surface area (Å²) in [5.41, 5.74) is 3.06. The molecule has 0 spiro atoms. The third kappa shape index (κ3) is 8.35. The van der Waals surface area contributed by atoms with E-state index < -0.39 is 0 Å². The zero-order valence-electron chi connectivity index (χ0n) is 17.6. The molecule has 152 valence electrons. The molecule has 0 unspecified atom stereocenters. The van der Waals surface area contributed by atoms with Crippen LogP contribution in [0.5, 0.6) is 0 Å². The van der Waals surface area contributed by atoms with Crippen LogP contribution in [0.15, 0.2) is 24.3 Å². The van der Waals surface area contributed by atoms with Crippen LogP contribution in [0, 0.1) is 0 Å². The monoisotopic (exact) mass is 370 g/mol. The van der Waals surface area contributed by atoms with Gasteiger partial charge in [-0.05, 0) is 69.4 Å². The Bertz CT molecular complexity index is 495. The Labute approximate surface area is 168 Å². The highest BCUT2D eigenvalue weighted by atomic mass is 15.1. The zero-order chi connectivity index (χ0) is 18.6. The maximum Gasteiger partial charge on any atom is 0.0233 e. The van der Waals surface area contributed by atoms with Gasteiger partial charge in [-0.1, -0.05) is 75.6 Å². The molecule has 2 aliphatic heterocycles. The van der Waals surface area contributed by atoms with Crippen LogP contribution >= 0.6 is 0 Å². The number of benzene rings is 1. The molecule has 0 N–H and O–H groups in total. The van der Waals surface area contributed by atoms with E-state index in [1.54, 1.807) is 0 Å². The lowest BCUT2D eigenvalue weighted by atomic mass is 10.0. The van der Waals surface area contributed by atoms with Crippen LogP contribution in [0.3, 0.4) is 0 Å². The first kappa shape index (κ1) is 20.9. The van der Waals surface area contributed by atoms with E-state index in [4.69, 9.17) is 0 Å². The predicted octanol–water partition coefficient (Wildman–Crippen LogP) is 6.04. The lowest BCUT2D eigenvalue weighted by molar-refractivity contribution is 0.231. The highest BCUT2D eigenvalue weighted by Crippen LogP contribution is 2.16. The fourth-order valence-corrected chi connectivity index (χ4v) is 4.79. The quantitative estimate of drug-likeness (QED) is 0.623. The van der Waals surface area contributed by atoms with Crippen LogP contribution in [-0.2, 0) is 13.0 Å².